The molecule has 1 N–H and O–H groups in total. The normalized spacial score (nSPS) is 13.1. The van der Waals surface area contributed by atoms with Gasteiger partial charge in [-0.15, -0.1) is 0 Å². The van der Waals surface area contributed by atoms with Gasteiger partial charge in [-0.05, 0) is 48.2 Å². The van der Waals surface area contributed by atoms with Crippen molar-refractivity contribution in [1.82, 2.24) is 10.2 Å². The minimum atomic E-state index is -3.67. The van der Waals surface area contributed by atoms with Gasteiger partial charge in [-0.3, -0.25) is 13.9 Å². The number of nitrogens with one attached hydrogen (secondary N) is 1. The van der Waals surface area contributed by atoms with Crippen LogP contribution in [-0.2, 0) is 32.6 Å². The van der Waals surface area contributed by atoms with Crippen LogP contribution in [-0.4, -0.2) is 70.8 Å². The fraction of sp³-hybridized carbons (Fsp3) is 0.394. The summed E-state index contributed by atoms with van der Waals surface area (Å²) in [6, 6.07) is 21.2. The molecule has 4 rings (SSSR count). The lowest BCUT2D eigenvalue weighted by molar-refractivity contribution is -0.141. The van der Waals surface area contributed by atoms with Crippen LogP contribution in [0, 0.1) is 0 Å². The monoisotopic (exact) mass is 623 g/mol. The topological polar surface area (TPSA) is 114 Å². The highest BCUT2D eigenvalue weighted by Crippen LogP contribution is 2.35. The summed E-state index contributed by atoms with van der Waals surface area (Å²) in [5.74, 6) is 1.19. The van der Waals surface area contributed by atoms with Crippen LogP contribution in [0.4, 0.5) is 5.69 Å². The molecule has 0 unspecified atom stereocenters. The molecule has 0 aliphatic carbocycles. The molecule has 1 atom stereocenters. The second-order valence-electron chi connectivity index (χ2n) is 10.6. The number of nitrogens with zero attached hydrogens (tertiary/aromatic N) is 2. The van der Waals surface area contributed by atoms with E-state index in [-0.39, 0.29) is 37.7 Å². The van der Waals surface area contributed by atoms with E-state index in [2.05, 4.69) is 5.32 Å². The van der Waals surface area contributed by atoms with Crippen LogP contribution in [0.15, 0.2) is 72.8 Å². The summed E-state index contributed by atoms with van der Waals surface area (Å²) >= 11 is 0. The summed E-state index contributed by atoms with van der Waals surface area (Å²) in [6.45, 7) is 3.53. The van der Waals surface area contributed by atoms with Crippen molar-refractivity contribution in [3.8, 4) is 17.2 Å². The Morgan fingerprint density at radius 2 is 1.68 bits per heavy atom. The van der Waals surface area contributed by atoms with Crippen molar-refractivity contribution in [1.29, 1.82) is 0 Å². The van der Waals surface area contributed by atoms with E-state index in [0.717, 1.165) is 23.8 Å². The van der Waals surface area contributed by atoms with Crippen molar-refractivity contribution in [2.45, 2.75) is 45.2 Å². The fourth-order valence-corrected chi connectivity index (χ4v) is 6.04. The molecule has 3 aromatic carbocycles. The Morgan fingerprint density at radius 1 is 0.955 bits per heavy atom. The number of carbonyl (C=O) groups is 2. The quantitative estimate of drug-likeness (QED) is 0.270. The third-order valence-corrected chi connectivity index (χ3v) is 8.47. The third-order valence-electron chi connectivity index (χ3n) is 7.27. The third kappa shape index (κ3) is 8.89. The summed E-state index contributed by atoms with van der Waals surface area (Å²) in [6.07, 6.45) is 2.50. The van der Waals surface area contributed by atoms with Gasteiger partial charge in [0.15, 0.2) is 11.5 Å². The van der Waals surface area contributed by atoms with Crippen molar-refractivity contribution in [2.75, 3.05) is 44.0 Å². The zero-order valence-corrected chi connectivity index (χ0v) is 26.3. The Balaban J connectivity index is 1.58. The molecule has 1 aliphatic heterocycles. The smallest absolute Gasteiger partial charge is 0.243 e. The molecule has 0 spiro atoms. The van der Waals surface area contributed by atoms with E-state index in [1.54, 1.807) is 30.2 Å². The first-order valence-corrected chi connectivity index (χ1v) is 16.7. The van der Waals surface area contributed by atoms with E-state index >= 15 is 0 Å². The Morgan fingerprint density at radius 3 is 2.39 bits per heavy atom. The van der Waals surface area contributed by atoms with Gasteiger partial charge in [0, 0.05) is 38.5 Å². The van der Waals surface area contributed by atoms with Gasteiger partial charge in [0.05, 0.1) is 19.1 Å². The summed E-state index contributed by atoms with van der Waals surface area (Å²) in [7, 11) is -2.09. The molecule has 0 bridgehead atoms. The largest absolute Gasteiger partial charge is 0.497 e. The van der Waals surface area contributed by atoms with Gasteiger partial charge in [-0.25, -0.2) is 8.42 Å². The van der Waals surface area contributed by atoms with Crippen LogP contribution in [0.2, 0.25) is 0 Å². The van der Waals surface area contributed by atoms with Crippen LogP contribution >= 0.6 is 0 Å². The zero-order chi connectivity index (χ0) is 31.5. The Labute approximate surface area is 260 Å². The highest BCUT2D eigenvalue weighted by atomic mass is 32.2. The van der Waals surface area contributed by atoms with Gasteiger partial charge < -0.3 is 24.4 Å². The summed E-state index contributed by atoms with van der Waals surface area (Å²) < 4.78 is 43.5. The maximum atomic E-state index is 14.0. The van der Waals surface area contributed by atoms with Crippen molar-refractivity contribution in [3.05, 3.63) is 83.9 Å². The molecular weight excluding hydrogens is 582 g/mol. The summed E-state index contributed by atoms with van der Waals surface area (Å²) in [4.78, 5) is 29.1. The summed E-state index contributed by atoms with van der Waals surface area (Å²) in [5, 5.41) is 2.97. The molecule has 11 heteroatoms. The number of amides is 2. The number of benzene rings is 3. The molecule has 0 saturated heterocycles. The average molecular weight is 624 g/mol. The van der Waals surface area contributed by atoms with Gasteiger partial charge in [-0.2, -0.15) is 0 Å². The number of fused-ring (bicyclic) bond motifs is 1. The second-order valence-corrected chi connectivity index (χ2v) is 12.5. The number of methoxy groups -OCH3 is 1. The molecule has 1 aliphatic rings. The van der Waals surface area contributed by atoms with Crippen LogP contribution in [0.5, 0.6) is 17.2 Å². The Hall–Kier alpha value is -4.25. The van der Waals surface area contributed by atoms with E-state index < -0.39 is 16.1 Å². The van der Waals surface area contributed by atoms with Crippen molar-refractivity contribution in [3.63, 3.8) is 0 Å². The van der Waals surface area contributed by atoms with E-state index in [0.29, 0.717) is 49.1 Å². The van der Waals surface area contributed by atoms with Crippen molar-refractivity contribution in [2.24, 2.45) is 0 Å². The van der Waals surface area contributed by atoms with Gasteiger partial charge in [0.2, 0.25) is 21.8 Å². The van der Waals surface area contributed by atoms with Gasteiger partial charge in [0.25, 0.3) is 0 Å². The molecule has 0 radical (unpaired) electrons. The molecule has 10 nitrogen and oxygen atoms in total. The highest BCUT2D eigenvalue weighted by molar-refractivity contribution is 7.92. The van der Waals surface area contributed by atoms with Gasteiger partial charge in [-0.1, -0.05) is 49.4 Å². The van der Waals surface area contributed by atoms with E-state index in [1.165, 1.54) is 4.31 Å². The number of rotatable bonds is 15. The number of ether oxygens (including phenoxy) is 3. The summed E-state index contributed by atoms with van der Waals surface area (Å²) in [5.41, 5.74) is 2.17. The number of hydrogen-bond donors (Lipinski definition) is 1. The standard InChI is InChI=1S/C33H41N3O7S/c1-4-17-34-33(38)29(22-25-10-6-5-7-11-25)35(24-26-12-8-13-28(21-26)41-2)32(37)14-9-18-36(44(3,39)40)27-15-16-30-31(23-27)43-20-19-42-30/h5-8,10-13,15-16,21,23,29H,4,9,14,17-20,22,24H2,1-3H3,(H,34,38)/t29-/m0/s1. The Kier molecular flexibility index (Phi) is 11.5. The molecule has 0 fully saturated rings. The number of sulfonamides is 1. The lowest BCUT2D eigenvalue weighted by Crippen LogP contribution is -2.50. The maximum absolute atomic E-state index is 14.0. The first kappa shape index (κ1) is 32.7. The van der Waals surface area contributed by atoms with Crippen molar-refractivity contribution < 1.29 is 32.2 Å². The van der Waals surface area contributed by atoms with Gasteiger partial charge >= 0.3 is 0 Å². The SMILES string of the molecule is CCCNC(=O)[C@H](Cc1ccccc1)N(Cc1cccc(OC)c1)C(=O)CCCN(c1ccc2c(c1)OCCO2)S(C)(=O)=O. The lowest BCUT2D eigenvalue weighted by atomic mass is 10.0. The zero-order valence-electron chi connectivity index (χ0n) is 25.5. The molecular formula is C33H41N3O7S. The fourth-order valence-electron chi connectivity index (χ4n) is 5.08. The van der Waals surface area contributed by atoms with Crippen LogP contribution in [0.3, 0.4) is 0 Å². The molecule has 44 heavy (non-hydrogen) atoms. The molecule has 0 aromatic heterocycles. The van der Waals surface area contributed by atoms with Crippen LogP contribution in [0.1, 0.15) is 37.3 Å². The van der Waals surface area contributed by atoms with E-state index in [4.69, 9.17) is 14.2 Å². The number of anilines is 1. The van der Waals surface area contributed by atoms with Crippen molar-refractivity contribution >= 4 is 27.5 Å². The van der Waals surface area contributed by atoms with Crippen LogP contribution < -0.4 is 23.8 Å². The molecule has 236 valence electrons. The van der Waals surface area contributed by atoms with Gasteiger partial charge in [0.1, 0.15) is 25.0 Å². The average Bonchev–Trinajstić information content (AvgIpc) is 3.03. The first-order chi connectivity index (χ1) is 21.2. The minimum absolute atomic E-state index is 0.0346. The van der Waals surface area contributed by atoms with E-state index in [9.17, 15) is 18.0 Å². The molecule has 2 amide bonds. The maximum Gasteiger partial charge on any atom is 0.243 e. The second kappa shape index (κ2) is 15.5. The molecule has 3 aromatic rings. The predicted molar refractivity (Wildman–Crippen MR) is 170 cm³/mol. The lowest BCUT2D eigenvalue weighted by Gasteiger charge is -2.32. The number of carbonyl (C=O) groups excluding carboxylic acids is 2. The number of hydrogen-bond acceptors (Lipinski definition) is 7. The first-order valence-electron chi connectivity index (χ1n) is 14.8. The van der Waals surface area contributed by atoms with Crippen LogP contribution in [0.25, 0.3) is 0 Å². The Bertz CT molecular complexity index is 1510. The highest BCUT2D eigenvalue weighted by Gasteiger charge is 2.30. The van der Waals surface area contributed by atoms with E-state index in [1.807, 2.05) is 61.5 Å². The predicted octanol–water partition coefficient (Wildman–Crippen LogP) is 4.18. The molecule has 0 saturated carbocycles. The minimum Gasteiger partial charge on any atom is -0.497 e. The molecule has 1 heterocycles.